The quantitative estimate of drug-likeness (QED) is 0.583. The van der Waals surface area contributed by atoms with Gasteiger partial charge < -0.3 is 9.55 Å². The molecule has 1 N–H and O–H groups in total. The Hall–Kier alpha value is -2.80. The molecule has 0 radical (unpaired) electrons. The number of hydrogen-bond donors (Lipinski definition) is 1. The zero-order valence-corrected chi connectivity index (χ0v) is 20.8. The Kier molecular flexibility index (Phi) is 5.57. The van der Waals surface area contributed by atoms with Crippen molar-refractivity contribution >= 4 is 11.0 Å². The molecule has 2 aromatic heterocycles. The van der Waals surface area contributed by atoms with Crippen LogP contribution in [0.4, 0.5) is 0 Å². The second-order valence-electron chi connectivity index (χ2n) is 11.8. The number of aromatic nitrogens is 4. The van der Waals surface area contributed by atoms with Crippen LogP contribution in [0.25, 0.3) is 22.4 Å². The van der Waals surface area contributed by atoms with Crippen LogP contribution in [0, 0.1) is 11.8 Å². The van der Waals surface area contributed by atoms with E-state index in [0.29, 0.717) is 23.5 Å². The van der Waals surface area contributed by atoms with Gasteiger partial charge in [-0.2, -0.15) is 0 Å². The molecule has 2 saturated carbocycles. The van der Waals surface area contributed by atoms with Gasteiger partial charge >= 0.3 is 0 Å². The number of aromatic amines is 1. The van der Waals surface area contributed by atoms with Crippen LogP contribution >= 0.6 is 0 Å². The standard InChI is InChI=1S/C29H35N5O2/c35-27-17-30-25(16-31-27)28-29(36)34(26-10-2-1-9-24(26)32-28)23-14-20-7-4-8-21(15-23)33(20)22-12-18-5-3-6-19(11-18)13-22/h1-2,9-10,16-23H,3-8,11-15H2,(H,31,35)/t18-,19-,20-,21-/m0/s1. The lowest BCUT2D eigenvalue weighted by Crippen LogP contribution is -2.58. The average molecular weight is 486 g/mol. The highest BCUT2D eigenvalue weighted by atomic mass is 16.1. The van der Waals surface area contributed by atoms with E-state index in [1.807, 2.05) is 28.8 Å². The van der Waals surface area contributed by atoms with Crippen molar-refractivity contribution in [1.82, 2.24) is 24.4 Å². The van der Waals surface area contributed by atoms with Crippen LogP contribution < -0.4 is 11.1 Å². The Bertz CT molecular complexity index is 1350. The molecule has 188 valence electrons. The van der Waals surface area contributed by atoms with Gasteiger partial charge in [-0.3, -0.25) is 14.5 Å². The summed E-state index contributed by atoms with van der Waals surface area (Å²) in [6, 6.07) is 9.95. The van der Waals surface area contributed by atoms with Gasteiger partial charge in [-0.25, -0.2) is 9.97 Å². The predicted octanol–water partition coefficient (Wildman–Crippen LogP) is 4.67. The minimum absolute atomic E-state index is 0.100. The maximum Gasteiger partial charge on any atom is 0.279 e. The number of para-hydroxylation sites is 2. The van der Waals surface area contributed by atoms with E-state index in [1.54, 1.807) is 0 Å². The molecule has 7 nitrogen and oxygen atoms in total. The Morgan fingerprint density at radius 1 is 0.806 bits per heavy atom. The molecule has 4 bridgehead atoms. The van der Waals surface area contributed by atoms with E-state index in [0.717, 1.165) is 41.8 Å². The smallest absolute Gasteiger partial charge is 0.279 e. The minimum Gasteiger partial charge on any atom is -0.326 e. The molecule has 4 fully saturated rings. The molecule has 4 heterocycles. The Morgan fingerprint density at radius 3 is 2.25 bits per heavy atom. The highest BCUT2D eigenvalue weighted by molar-refractivity contribution is 5.77. The van der Waals surface area contributed by atoms with Gasteiger partial charge in [-0.05, 0) is 68.9 Å². The van der Waals surface area contributed by atoms with Crippen LogP contribution in [-0.4, -0.2) is 42.5 Å². The summed E-state index contributed by atoms with van der Waals surface area (Å²) < 4.78 is 2.02. The molecule has 2 saturated heterocycles. The van der Waals surface area contributed by atoms with E-state index in [1.165, 1.54) is 70.2 Å². The first kappa shape index (κ1) is 22.4. The largest absolute Gasteiger partial charge is 0.326 e. The maximum absolute atomic E-state index is 14.0. The highest BCUT2D eigenvalue weighted by Gasteiger charge is 2.45. The predicted molar refractivity (Wildman–Crippen MR) is 140 cm³/mol. The number of H-pyrrole nitrogens is 1. The normalized spacial score (nSPS) is 32.4. The van der Waals surface area contributed by atoms with Crippen LogP contribution in [0.5, 0.6) is 0 Å². The fraction of sp³-hybridized carbons (Fsp3) is 0.586. The molecule has 4 atom stereocenters. The monoisotopic (exact) mass is 485 g/mol. The van der Waals surface area contributed by atoms with E-state index in [-0.39, 0.29) is 17.2 Å². The minimum atomic E-state index is -0.285. The lowest BCUT2D eigenvalue weighted by Gasteiger charge is -2.55. The van der Waals surface area contributed by atoms with Gasteiger partial charge in [0.2, 0.25) is 0 Å². The van der Waals surface area contributed by atoms with Crippen LogP contribution in [0.3, 0.4) is 0 Å². The molecule has 2 aliphatic heterocycles. The number of benzene rings is 1. The van der Waals surface area contributed by atoms with E-state index in [2.05, 4.69) is 14.9 Å². The third-order valence-corrected chi connectivity index (χ3v) is 9.60. The van der Waals surface area contributed by atoms with Crippen LogP contribution in [0.1, 0.15) is 76.7 Å². The Labute approximate surface area is 211 Å². The van der Waals surface area contributed by atoms with Gasteiger partial charge in [0.15, 0.2) is 5.69 Å². The fourth-order valence-electron chi connectivity index (χ4n) is 8.29. The highest BCUT2D eigenvalue weighted by Crippen LogP contribution is 2.47. The summed E-state index contributed by atoms with van der Waals surface area (Å²) >= 11 is 0. The van der Waals surface area contributed by atoms with Crippen molar-refractivity contribution in [3.8, 4) is 11.4 Å². The van der Waals surface area contributed by atoms with Crippen molar-refractivity contribution in [2.45, 2.75) is 94.8 Å². The second kappa shape index (κ2) is 8.94. The van der Waals surface area contributed by atoms with Crippen molar-refractivity contribution in [1.29, 1.82) is 0 Å². The zero-order valence-electron chi connectivity index (χ0n) is 20.8. The molecular weight excluding hydrogens is 450 g/mol. The van der Waals surface area contributed by atoms with E-state index >= 15 is 0 Å². The van der Waals surface area contributed by atoms with Crippen LogP contribution in [-0.2, 0) is 0 Å². The van der Waals surface area contributed by atoms with Gasteiger partial charge in [0.05, 0.1) is 17.2 Å². The van der Waals surface area contributed by atoms with E-state index < -0.39 is 0 Å². The zero-order chi connectivity index (χ0) is 24.2. The lowest BCUT2D eigenvalue weighted by molar-refractivity contribution is -0.0485. The number of nitrogens with zero attached hydrogens (tertiary/aromatic N) is 4. The molecule has 7 rings (SSSR count). The topological polar surface area (TPSA) is 83.9 Å². The number of piperidine rings is 2. The van der Waals surface area contributed by atoms with Crippen molar-refractivity contribution in [3.05, 3.63) is 57.4 Å². The van der Waals surface area contributed by atoms with Gasteiger partial charge in [0.1, 0.15) is 5.69 Å². The number of fused-ring (bicyclic) bond motifs is 5. The second-order valence-corrected chi connectivity index (χ2v) is 11.8. The Balaban J connectivity index is 1.26. The summed E-state index contributed by atoms with van der Waals surface area (Å²) in [5, 5.41) is 0. The summed E-state index contributed by atoms with van der Waals surface area (Å²) in [4.78, 5) is 40.0. The first-order valence-corrected chi connectivity index (χ1v) is 14.0. The van der Waals surface area contributed by atoms with Gasteiger partial charge in [-0.1, -0.05) is 37.8 Å². The summed E-state index contributed by atoms with van der Waals surface area (Å²) in [7, 11) is 0. The van der Waals surface area contributed by atoms with Crippen molar-refractivity contribution in [2.75, 3.05) is 0 Å². The number of nitrogens with one attached hydrogen (secondary N) is 1. The third-order valence-electron chi connectivity index (χ3n) is 9.60. The summed E-state index contributed by atoms with van der Waals surface area (Å²) in [5.41, 5.74) is 2.05. The molecule has 4 aliphatic rings. The van der Waals surface area contributed by atoms with Gasteiger partial charge in [0.25, 0.3) is 11.1 Å². The van der Waals surface area contributed by atoms with E-state index in [4.69, 9.17) is 4.98 Å². The Morgan fingerprint density at radius 2 is 1.53 bits per heavy atom. The molecule has 2 aliphatic carbocycles. The molecule has 3 aromatic rings. The van der Waals surface area contributed by atoms with E-state index in [9.17, 15) is 9.59 Å². The van der Waals surface area contributed by atoms with Crippen molar-refractivity contribution in [2.24, 2.45) is 11.8 Å². The summed E-state index contributed by atoms with van der Waals surface area (Å²) in [6.45, 7) is 0. The molecule has 0 spiro atoms. The molecular formula is C29H35N5O2. The molecule has 0 amide bonds. The van der Waals surface area contributed by atoms with Crippen LogP contribution in [0.2, 0.25) is 0 Å². The summed E-state index contributed by atoms with van der Waals surface area (Å²) in [5.74, 6) is 1.86. The molecule has 36 heavy (non-hydrogen) atoms. The van der Waals surface area contributed by atoms with Crippen molar-refractivity contribution in [3.63, 3.8) is 0 Å². The molecule has 7 heteroatoms. The van der Waals surface area contributed by atoms with Gasteiger partial charge in [0, 0.05) is 30.4 Å². The summed E-state index contributed by atoms with van der Waals surface area (Å²) in [6.07, 6.45) is 17.1. The first-order valence-electron chi connectivity index (χ1n) is 14.0. The molecule has 0 unspecified atom stereocenters. The number of hydrogen-bond acceptors (Lipinski definition) is 5. The lowest BCUT2D eigenvalue weighted by atomic mass is 9.68. The third kappa shape index (κ3) is 3.83. The average Bonchev–Trinajstić information content (AvgIpc) is 2.88. The van der Waals surface area contributed by atoms with Crippen LogP contribution in [0.15, 0.2) is 46.2 Å². The maximum atomic E-state index is 14.0. The van der Waals surface area contributed by atoms with Gasteiger partial charge in [-0.15, -0.1) is 0 Å². The SMILES string of the molecule is O=c1cnc(-c2nc3ccccc3n(C3C[C@@H]4CCC[C@@H](C3)N4C3C[C@H]4CCC[C@H](C3)C4)c2=O)c[nH]1. The fourth-order valence-corrected chi connectivity index (χ4v) is 8.29. The first-order chi connectivity index (χ1) is 17.6. The molecule has 1 aromatic carbocycles. The number of rotatable bonds is 3. The van der Waals surface area contributed by atoms with Crippen molar-refractivity contribution < 1.29 is 0 Å².